The van der Waals surface area contributed by atoms with Crippen molar-refractivity contribution in [1.82, 2.24) is 0 Å². The molecule has 0 spiro atoms. The molecule has 0 saturated heterocycles. The summed E-state index contributed by atoms with van der Waals surface area (Å²) in [6.07, 6.45) is 24.3. The maximum absolute atomic E-state index is 2.79. The summed E-state index contributed by atoms with van der Waals surface area (Å²) < 4.78 is 0. The summed E-state index contributed by atoms with van der Waals surface area (Å²) in [4.78, 5) is 0. The van der Waals surface area contributed by atoms with E-state index < -0.39 is 0 Å². The van der Waals surface area contributed by atoms with Gasteiger partial charge in [0.2, 0.25) is 0 Å². The highest BCUT2D eigenvalue weighted by Crippen LogP contribution is 2.62. The second-order valence-corrected chi connectivity index (χ2v) is 22.0. The molecule has 9 aliphatic carbocycles. The topological polar surface area (TPSA) is 0 Å². The van der Waals surface area contributed by atoms with E-state index in [9.17, 15) is 0 Å². The number of hydrogen-bond donors (Lipinski definition) is 0. The van der Waals surface area contributed by atoms with Gasteiger partial charge in [0.25, 0.3) is 0 Å². The van der Waals surface area contributed by atoms with Crippen molar-refractivity contribution in [2.75, 3.05) is 0 Å². The zero-order valence-electron chi connectivity index (χ0n) is 32.7. The lowest BCUT2D eigenvalue weighted by Crippen LogP contribution is -2.44. The first-order chi connectivity index (χ1) is 25.9. The largest absolute Gasteiger partial charge is 0.182 e. The minimum Gasteiger partial charge on any atom is -0.0791 e. The fourth-order valence-corrected chi connectivity index (χ4v) is 17.4. The van der Waals surface area contributed by atoms with Crippen LogP contribution in [0, 0.1) is 47.3 Å². The smallest absolute Gasteiger partial charge is 0.0791 e. The first-order valence-corrected chi connectivity index (χ1v) is 23.1. The van der Waals surface area contributed by atoms with Crippen LogP contribution in [0.5, 0.6) is 0 Å². The molecule has 53 heavy (non-hydrogen) atoms. The molecule has 4 aromatic rings. The SMILES string of the molecule is CC1(C)c2cc(B(C3CC4CCC3C4)C3CC4CCC3C4)ccc2-c2cc3ccc(B(C4CC5CCC4C5)C4CC5CCC4C5)cc3c3cccc1c23. The van der Waals surface area contributed by atoms with Crippen molar-refractivity contribution in [3.63, 3.8) is 0 Å². The van der Waals surface area contributed by atoms with Crippen molar-refractivity contribution in [3.05, 3.63) is 71.8 Å². The predicted molar refractivity (Wildman–Crippen MR) is 227 cm³/mol. The Morgan fingerprint density at radius 3 is 1.45 bits per heavy atom. The van der Waals surface area contributed by atoms with E-state index in [2.05, 4.69) is 74.5 Å². The minimum atomic E-state index is -0.00818. The zero-order chi connectivity index (χ0) is 34.7. The molecule has 13 rings (SSSR count). The molecule has 12 atom stereocenters. The quantitative estimate of drug-likeness (QED) is 0.139. The molecule has 0 radical (unpaired) electrons. The van der Waals surface area contributed by atoms with Crippen molar-refractivity contribution >= 4 is 45.9 Å². The molecule has 0 N–H and O–H groups in total. The van der Waals surface area contributed by atoms with Gasteiger partial charge in [-0.05, 0) is 123 Å². The monoisotopic (exact) mass is 694 g/mol. The number of benzene rings is 4. The van der Waals surface area contributed by atoms with E-state index >= 15 is 0 Å². The lowest BCUT2D eigenvalue weighted by atomic mass is 9.26. The standard InChI is InChI=1S/C51H60B2/c1-51(2)44-5-3-4-41-42-27-38(52(46-22-29-6-10-34(46)18-29)47-23-30-7-11-35(47)19-30)15-14-33(42)26-43(50(41)44)40-17-16-39(28-45(40)51)53(48-24-31-8-12-36(48)20-31)49-25-32-9-13-37(49)21-32/h3-5,14-17,26-32,34-37,46-49H,6-13,18-25H2,1-2H3. The van der Waals surface area contributed by atoms with Crippen LogP contribution in [0.1, 0.15) is 128 Å². The fourth-order valence-electron chi connectivity index (χ4n) is 17.4. The Hall–Kier alpha value is -2.47. The highest BCUT2D eigenvalue weighted by atomic mass is 14.5. The van der Waals surface area contributed by atoms with Crippen LogP contribution in [0.3, 0.4) is 0 Å². The van der Waals surface area contributed by atoms with Gasteiger partial charge in [-0.25, -0.2) is 0 Å². The average molecular weight is 695 g/mol. The van der Waals surface area contributed by atoms with Gasteiger partial charge in [-0.3, -0.25) is 0 Å². The highest BCUT2D eigenvalue weighted by Gasteiger charge is 2.54. The minimum absolute atomic E-state index is 0.00818. The molecular formula is C51H60B2. The van der Waals surface area contributed by atoms with Crippen molar-refractivity contribution in [2.45, 2.75) is 145 Å². The van der Waals surface area contributed by atoms with Gasteiger partial charge < -0.3 is 0 Å². The van der Waals surface area contributed by atoms with Crippen molar-refractivity contribution in [1.29, 1.82) is 0 Å². The molecule has 0 nitrogen and oxygen atoms in total. The predicted octanol–water partition coefficient (Wildman–Crippen LogP) is 12.5. The van der Waals surface area contributed by atoms with Gasteiger partial charge in [-0.15, -0.1) is 0 Å². The summed E-state index contributed by atoms with van der Waals surface area (Å²) in [7, 11) is 0. The third kappa shape index (κ3) is 4.51. The normalized spacial score (nSPS) is 39.2. The summed E-state index contributed by atoms with van der Waals surface area (Å²) in [5.74, 6) is 11.8. The maximum atomic E-state index is 2.79. The second kappa shape index (κ2) is 11.3. The molecule has 4 aromatic carbocycles. The van der Waals surface area contributed by atoms with Crippen molar-refractivity contribution in [2.24, 2.45) is 47.3 Å². The second-order valence-electron chi connectivity index (χ2n) is 22.0. The van der Waals surface area contributed by atoms with Crippen LogP contribution < -0.4 is 10.9 Å². The van der Waals surface area contributed by atoms with Crippen LogP contribution >= 0.6 is 0 Å². The number of hydrogen-bond acceptors (Lipinski definition) is 0. The maximum Gasteiger partial charge on any atom is 0.182 e. The third-order valence-corrected chi connectivity index (χ3v) is 19.5. The van der Waals surface area contributed by atoms with Crippen molar-refractivity contribution < 1.29 is 0 Å². The van der Waals surface area contributed by atoms with E-state index in [1.54, 1.807) is 27.4 Å². The molecule has 8 fully saturated rings. The number of rotatable bonds is 6. The Labute approximate surface area is 320 Å². The van der Waals surface area contributed by atoms with E-state index in [4.69, 9.17) is 0 Å². The molecule has 9 aliphatic rings. The zero-order valence-corrected chi connectivity index (χ0v) is 32.7. The van der Waals surface area contributed by atoms with Crippen molar-refractivity contribution in [3.8, 4) is 11.1 Å². The molecule has 12 unspecified atom stereocenters. The Kier molecular flexibility index (Phi) is 6.77. The summed E-state index contributed by atoms with van der Waals surface area (Å²) in [5.41, 5.74) is 9.62. The third-order valence-electron chi connectivity index (χ3n) is 19.5. The first-order valence-electron chi connectivity index (χ1n) is 23.1. The van der Waals surface area contributed by atoms with Crippen LogP contribution in [0.2, 0.25) is 23.3 Å². The molecule has 0 heterocycles. The van der Waals surface area contributed by atoms with Crippen LogP contribution in [-0.2, 0) is 5.41 Å². The molecule has 8 saturated carbocycles. The van der Waals surface area contributed by atoms with Crippen LogP contribution in [0.15, 0.2) is 60.7 Å². The molecule has 8 bridgehead atoms. The Balaban J connectivity index is 0.940. The van der Waals surface area contributed by atoms with Crippen LogP contribution in [0.25, 0.3) is 32.7 Å². The van der Waals surface area contributed by atoms with E-state index in [0.717, 1.165) is 84.0 Å². The summed E-state index contributed by atoms with van der Waals surface area (Å²) in [6, 6.07) is 26.1. The van der Waals surface area contributed by atoms with E-state index in [1.807, 2.05) is 0 Å². The van der Waals surface area contributed by atoms with Crippen LogP contribution in [0.4, 0.5) is 0 Å². The average Bonchev–Trinajstić information content (AvgIpc) is 4.05. The van der Waals surface area contributed by atoms with Gasteiger partial charge in [0.1, 0.15) is 0 Å². The lowest BCUT2D eigenvalue weighted by molar-refractivity contribution is 0.441. The Morgan fingerprint density at radius 2 is 0.962 bits per heavy atom. The van der Waals surface area contributed by atoms with E-state index in [0.29, 0.717) is 0 Å². The number of fused-ring (bicyclic) bond motifs is 12. The summed E-state index contributed by atoms with van der Waals surface area (Å²) >= 11 is 0. The fraction of sp³-hybridized carbons (Fsp3) is 0.608. The molecule has 2 heteroatoms. The molecular weight excluding hydrogens is 634 g/mol. The van der Waals surface area contributed by atoms with Gasteiger partial charge in [-0.2, -0.15) is 0 Å². The van der Waals surface area contributed by atoms with E-state index in [1.165, 1.54) is 130 Å². The Morgan fingerprint density at radius 1 is 0.453 bits per heavy atom. The van der Waals surface area contributed by atoms with Gasteiger partial charge in [0, 0.05) is 5.41 Å². The van der Waals surface area contributed by atoms with E-state index in [-0.39, 0.29) is 5.41 Å². The lowest BCUT2D eigenvalue weighted by Gasteiger charge is -2.39. The first kappa shape index (κ1) is 31.7. The molecule has 0 amide bonds. The summed E-state index contributed by atoms with van der Waals surface area (Å²) in [5, 5.41) is 6.06. The molecule has 0 aromatic heterocycles. The van der Waals surface area contributed by atoms with Gasteiger partial charge in [0.15, 0.2) is 13.4 Å². The van der Waals surface area contributed by atoms with Gasteiger partial charge in [-0.1, -0.05) is 180 Å². The van der Waals surface area contributed by atoms with Crippen LogP contribution in [-0.4, -0.2) is 13.4 Å². The highest BCUT2D eigenvalue weighted by molar-refractivity contribution is 6.77. The summed E-state index contributed by atoms with van der Waals surface area (Å²) in [6.45, 7) is 6.70. The Bertz CT molecular complexity index is 2100. The van der Waals surface area contributed by atoms with Gasteiger partial charge in [0.05, 0.1) is 0 Å². The molecule has 270 valence electrons. The van der Waals surface area contributed by atoms with Gasteiger partial charge >= 0.3 is 0 Å². The molecule has 0 aliphatic heterocycles.